The molecule has 116 valence electrons. The Morgan fingerprint density at radius 2 is 1.95 bits per heavy atom. The fraction of sp³-hybridized carbons (Fsp3) is 0.812. The molecule has 0 aromatic heterocycles. The minimum Gasteiger partial charge on any atom is -0.465 e. The molecule has 0 aromatic rings. The van der Waals surface area contributed by atoms with Crippen molar-refractivity contribution in [2.75, 3.05) is 11.9 Å². The van der Waals surface area contributed by atoms with E-state index in [4.69, 9.17) is 4.74 Å². The van der Waals surface area contributed by atoms with Gasteiger partial charge in [-0.2, -0.15) is 0 Å². The molecule has 0 spiro atoms. The van der Waals surface area contributed by atoms with Gasteiger partial charge in [0.1, 0.15) is 0 Å². The second kappa shape index (κ2) is 8.37. The summed E-state index contributed by atoms with van der Waals surface area (Å²) in [5.41, 5.74) is 2.20. The van der Waals surface area contributed by atoms with Crippen molar-refractivity contribution < 1.29 is 9.53 Å². The molecule has 4 heteroatoms. The van der Waals surface area contributed by atoms with Crippen LogP contribution in [0.1, 0.15) is 44.9 Å². The van der Waals surface area contributed by atoms with E-state index in [1.807, 2.05) is 0 Å². The molecule has 1 aliphatic rings. The van der Waals surface area contributed by atoms with E-state index in [9.17, 15) is 4.79 Å². The molecule has 0 aromatic carbocycles. The largest absolute Gasteiger partial charge is 0.465 e. The van der Waals surface area contributed by atoms with E-state index in [2.05, 4.69) is 47.3 Å². The summed E-state index contributed by atoms with van der Waals surface area (Å²) in [6.45, 7) is 7.56. The van der Waals surface area contributed by atoms with Gasteiger partial charge >= 0.3 is 5.97 Å². The van der Waals surface area contributed by atoms with Crippen molar-refractivity contribution in [1.29, 1.82) is 0 Å². The normalized spacial score (nSPS) is 18.6. The number of carbonyl (C=O) groups excluding carboxylic acids is 1. The first-order valence-corrected chi connectivity index (χ1v) is 12.5. The van der Waals surface area contributed by atoms with Crippen molar-refractivity contribution in [1.82, 2.24) is 0 Å². The lowest BCUT2D eigenvalue weighted by molar-refractivity contribution is -0.156. The van der Waals surface area contributed by atoms with E-state index < -0.39 is 8.07 Å². The molecule has 0 unspecified atom stereocenters. The number of carbonyl (C=O) groups is 1. The van der Waals surface area contributed by atoms with Crippen LogP contribution in [0.15, 0.2) is 11.8 Å². The molecule has 20 heavy (non-hydrogen) atoms. The Labute approximate surface area is 133 Å². The van der Waals surface area contributed by atoms with Gasteiger partial charge in [0.05, 0.1) is 20.1 Å². The molecule has 1 saturated carbocycles. The molecule has 0 heterocycles. The van der Waals surface area contributed by atoms with Crippen LogP contribution in [-0.2, 0) is 9.53 Å². The third kappa shape index (κ3) is 6.13. The highest BCUT2D eigenvalue weighted by Crippen LogP contribution is 2.43. The molecular weight excluding hydrogens is 332 g/mol. The molecule has 0 aliphatic heterocycles. The van der Waals surface area contributed by atoms with Gasteiger partial charge in [0.15, 0.2) is 0 Å². The third-order valence-corrected chi connectivity index (χ3v) is 5.71. The summed E-state index contributed by atoms with van der Waals surface area (Å²) < 4.78 is 5.48. The molecule has 0 saturated heterocycles. The summed E-state index contributed by atoms with van der Waals surface area (Å²) in [6, 6.07) is 0. The maximum absolute atomic E-state index is 12.4. The fourth-order valence-corrected chi connectivity index (χ4v) is 3.88. The van der Waals surface area contributed by atoms with E-state index in [1.54, 1.807) is 0 Å². The lowest BCUT2D eigenvalue weighted by atomic mass is 9.81. The number of allylic oxidation sites excluding steroid dienone is 1. The quantitative estimate of drug-likeness (QED) is 0.261. The van der Waals surface area contributed by atoms with Crippen LogP contribution in [-0.4, -0.2) is 26.0 Å². The van der Waals surface area contributed by atoms with Crippen molar-refractivity contribution in [2.45, 2.75) is 64.6 Å². The SMILES string of the molecule is C[Si](C)(C)/C=C\CCC1(C(=O)OCCCBr)CCCC1. The molecule has 1 rings (SSSR count). The van der Waals surface area contributed by atoms with Crippen molar-refractivity contribution in [3.8, 4) is 0 Å². The number of hydrogen-bond donors (Lipinski definition) is 0. The molecule has 1 aliphatic carbocycles. The Bertz CT molecular complexity index is 328. The van der Waals surface area contributed by atoms with Crippen LogP contribution in [0.4, 0.5) is 0 Å². The van der Waals surface area contributed by atoms with Crippen molar-refractivity contribution >= 4 is 30.0 Å². The van der Waals surface area contributed by atoms with Gasteiger partial charge in [0.2, 0.25) is 0 Å². The van der Waals surface area contributed by atoms with Crippen LogP contribution in [0.2, 0.25) is 19.6 Å². The Balaban J connectivity index is 2.50. The first kappa shape index (κ1) is 18.0. The molecule has 2 nitrogen and oxygen atoms in total. The molecule has 0 amide bonds. The number of ether oxygens (including phenoxy) is 1. The number of halogens is 1. The van der Waals surface area contributed by atoms with Gasteiger partial charge in [0, 0.05) is 5.33 Å². The van der Waals surface area contributed by atoms with Gasteiger partial charge in [-0.3, -0.25) is 4.79 Å². The van der Waals surface area contributed by atoms with E-state index >= 15 is 0 Å². The molecule has 0 N–H and O–H groups in total. The number of esters is 1. The monoisotopic (exact) mass is 360 g/mol. The summed E-state index contributed by atoms with van der Waals surface area (Å²) in [7, 11) is -1.11. The summed E-state index contributed by atoms with van der Waals surface area (Å²) in [5, 5.41) is 0.895. The van der Waals surface area contributed by atoms with Crippen molar-refractivity contribution in [3.63, 3.8) is 0 Å². The highest BCUT2D eigenvalue weighted by molar-refractivity contribution is 9.09. The summed E-state index contributed by atoms with van der Waals surface area (Å²) >= 11 is 3.37. The molecule has 0 bridgehead atoms. The zero-order chi connectivity index (χ0) is 15.1. The zero-order valence-electron chi connectivity index (χ0n) is 13.2. The van der Waals surface area contributed by atoms with Gasteiger partial charge < -0.3 is 4.74 Å². The van der Waals surface area contributed by atoms with Gasteiger partial charge in [-0.05, 0) is 32.1 Å². The van der Waals surface area contributed by atoms with Gasteiger partial charge in [-0.15, -0.1) is 0 Å². The Morgan fingerprint density at radius 1 is 1.30 bits per heavy atom. The van der Waals surface area contributed by atoms with Crippen LogP contribution in [0.3, 0.4) is 0 Å². The van der Waals surface area contributed by atoms with Crippen LogP contribution < -0.4 is 0 Å². The topological polar surface area (TPSA) is 26.3 Å². The first-order valence-electron chi connectivity index (χ1n) is 7.81. The minimum absolute atomic E-state index is 0.0531. The number of hydrogen-bond acceptors (Lipinski definition) is 2. The molecular formula is C16H29BrO2Si. The van der Waals surface area contributed by atoms with Crippen molar-refractivity contribution in [3.05, 3.63) is 11.8 Å². The van der Waals surface area contributed by atoms with Gasteiger partial charge in [0.25, 0.3) is 0 Å². The standard InChI is InChI=1S/C16H29BrO2Si/c1-20(2,3)14-7-6-11-16(9-4-5-10-16)15(18)19-13-8-12-17/h7,14H,4-6,8-13H2,1-3H3/b14-7-. The minimum atomic E-state index is -1.11. The Morgan fingerprint density at radius 3 is 2.50 bits per heavy atom. The van der Waals surface area contributed by atoms with E-state index in [-0.39, 0.29) is 11.4 Å². The molecule has 1 fully saturated rings. The Kier molecular flexibility index (Phi) is 7.52. The predicted octanol–water partition coefficient (Wildman–Crippen LogP) is 5.09. The second-order valence-electron chi connectivity index (χ2n) is 6.97. The molecule has 0 atom stereocenters. The predicted molar refractivity (Wildman–Crippen MR) is 92.0 cm³/mol. The van der Waals surface area contributed by atoms with E-state index in [0.717, 1.165) is 37.4 Å². The first-order chi connectivity index (χ1) is 9.40. The van der Waals surface area contributed by atoms with Crippen molar-refractivity contribution in [2.24, 2.45) is 5.41 Å². The maximum atomic E-state index is 12.4. The average Bonchev–Trinajstić information content (AvgIpc) is 2.84. The smallest absolute Gasteiger partial charge is 0.312 e. The molecule has 0 radical (unpaired) electrons. The highest BCUT2D eigenvalue weighted by atomic mass is 79.9. The highest BCUT2D eigenvalue weighted by Gasteiger charge is 2.41. The van der Waals surface area contributed by atoms with Crippen LogP contribution in [0.25, 0.3) is 0 Å². The van der Waals surface area contributed by atoms with E-state index in [1.165, 1.54) is 12.8 Å². The van der Waals surface area contributed by atoms with Crippen LogP contribution >= 0.6 is 15.9 Å². The van der Waals surface area contributed by atoms with Crippen LogP contribution in [0.5, 0.6) is 0 Å². The maximum Gasteiger partial charge on any atom is 0.312 e. The van der Waals surface area contributed by atoms with Gasteiger partial charge in [-0.25, -0.2) is 0 Å². The number of rotatable bonds is 8. The van der Waals surface area contributed by atoms with Gasteiger partial charge in [-0.1, -0.05) is 60.2 Å². The Hall–Kier alpha value is -0.0931. The lowest BCUT2D eigenvalue weighted by Crippen LogP contribution is -2.30. The average molecular weight is 361 g/mol. The fourth-order valence-electron chi connectivity index (χ4n) is 2.78. The lowest BCUT2D eigenvalue weighted by Gasteiger charge is -2.26. The second-order valence-corrected chi connectivity index (χ2v) is 12.8. The summed E-state index contributed by atoms with van der Waals surface area (Å²) in [6.07, 6.45) is 9.53. The summed E-state index contributed by atoms with van der Waals surface area (Å²) in [4.78, 5) is 12.4. The van der Waals surface area contributed by atoms with E-state index in [0.29, 0.717) is 6.61 Å². The third-order valence-electron chi connectivity index (χ3n) is 3.91. The zero-order valence-corrected chi connectivity index (χ0v) is 15.8. The van der Waals surface area contributed by atoms with Crippen LogP contribution in [0, 0.1) is 5.41 Å². The summed E-state index contributed by atoms with van der Waals surface area (Å²) in [5.74, 6) is 0.0531. The number of alkyl halides is 1.